The van der Waals surface area contributed by atoms with E-state index in [1.807, 2.05) is 0 Å². The van der Waals surface area contributed by atoms with Crippen molar-refractivity contribution in [2.24, 2.45) is 5.92 Å². The van der Waals surface area contributed by atoms with Gasteiger partial charge in [0, 0.05) is 53.1 Å². The van der Waals surface area contributed by atoms with Crippen LogP contribution in [0, 0.1) is 5.92 Å². The Kier molecular flexibility index (Phi) is 13.0. The number of amides is 1. The molecule has 0 saturated carbocycles. The minimum atomic E-state index is -1.80. The van der Waals surface area contributed by atoms with Gasteiger partial charge in [-0.3, -0.25) is 28.8 Å². The molecule has 47 heavy (non-hydrogen) atoms. The van der Waals surface area contributed by atoms with E-state index in [2.05, 4.69) is 5.32 Å². The van der Waals surface area contributed by atoms with Crippen molar-refractivity contribution in [1.82, 2.24) is 0 Å². The summed E-state index contributed by atoms with van der Waals surface area (Å²) in [5.41, 5.74) is 0.464. The zero-order valence-corrected chi connectivity index (χ0v) is 26.6. The fourth-order valence-corrected chi connectivity index (χ4v) is 5.33. The largest absolute Gasteiger partial charge is 0.463 e. The van der Waals surface area contributed by atoms with Gasteiger partial charge in [-0.25, -0.2) is 0 Å². The number of carbonyl (C=O) groups is 6. The van der Waals surface area contributed by atoms with Gasteiger partial charge in [-0.15, -0.1) is 0 Å². The second kappa shape index (κ2) is 16.5. The smallest absolute Gasteiger partial charge is 0.303 e. The Bertz CT molecular complexity index is 1300. The molecule has 3 N–H and O–H groups in total. The van der Waals surface area contributed by atoms with E-state index in [4.69, 9.17) is 37.9 Å². The number of nitrogens with one attached hydrogen (secondary N) is 1. The Hall–Kier alpha value is -4.32. The molecule has 2 saturated heterocycles. The number of ether oxygens (including phenoxy) is 8. The third kappa shape index (κ3) is 10.3. The monoisotopic (exact) mass is 669 g/mol. The number of aliphatic hydroxyl groups is 2. The van der Waals surface area contributed by atoms with Crippen molar-refractivity contribution >= 4 is 41.4 Å². The van der Waals surface area contributed by atoms with Crippen molar-refractivity contribution in [3.05, 3.63) is 24.3 Å². The number of anilines is 1. The van der Waals surface area contributed by atoms with Gasteiger partial charge in [0.2, 0.25) is 12.2 Å². The highest BCUT2D eigenvalue weighted by molar-refractivity contribution is 5.88. The van der Waals surface area contributed by atoms with E-state index in [-0.39, 0.29) is 11.7 Å². The summed E-state index contributed by atoms with van der Waals surface area (Å²) >= 11 is 0. The van der Waals surface area contributed by atoms with Crippen LogP contribution < -0.4 is 10.1 Å². The third-order valence-corrected chi connectivity index (χ3v) is 7.05. The molecule has 2 heterocycles. The van der Waals surface area contributed by atoms with E-state index >= 15 is 0 Å². The van der Waals surface area contributed by atoms with Gasteiger partial charge >= 0.3 is 29.8 Å². The molecule has 2 aliphatic rings. The Morgan fingerprint density at radius 3 is 1.68 bits per heavy atom. The van der Waals surface area contributed by atoms with Crippen LogP contribution >= 0.6 is 0 Å². The van der Waals surface area contributed by atoms with Crippen LogP contribution in [0.25, 0.3) is 0 Å². The lowest BCUT2D eigenvalue weighted by Gasteiger charge is -2.51. The first-order valence-corrected chi connectivity index (χ1v) is 14.6. The molecule has 1 amide bonds. The molecule has 17 nitrogen and oxygen atoms in total. The van der Waals surface area contributed by atoms with Gasteiger partial charge < -0.3 is 53.4 Å². The van der Waals surface area contributed by atoms with E-state index in [1.165, 1.54) is 31.2 Å². The molecule has 0 aromatic heterocycles. The number of rotatable bonds is 11. The summed E-state index contributed by atoms with van der Waals surface area (Å²) in [4.78, 5) is 71.5. The molecule has 260 valence electrons. The Morgan fingerprint density at radius 2 is 1.17 bits per heavy atom. The van der Waals surface area contributed by atoms with Crippen LogP contribution in [0.3, 0.4) is 0 Å². The lowest BCUT2D eigenvalue weighted by Crippen LogP contribution is -2.69. The molecule has 0 spiro atoms. The Labute approximate surface area is 269 Å². The number of benzene rings is 1. The first-order chi connectivity index (χ1) is 22.1. The van der Waals surface area contributed by atoms with E-state index in [0.29, 0.717) is 5.69 Å². The summed E-state index contributed by atoms with van der Waals surface area (Å²) < 4.78 is 44.6. The summed E-state index contributed by atoms with van der Waals surface area (Å²) in [6.07, 6.45) is -13.9. The van der Waals surface area contributed by atoms with Gasteiger partial charge in [0.1, 0.15) is 43.4 Å². The van der Waals surface area contributed by atoms with E-state index in [1.54, 1.807) is 0 Å². The second-order valence-electron chi connectivity index (χ2n) is 10.9. The summed E-state index contributed by atoms with van der Waals surface area (Å²) in [5, 5.41) is 25.4. The number of aliphatic hydroxyl groups excluding tert-OH is 2. The topological polar surface area (TPSA) is 229 Å². The predicted octanol–water partition coefficient (Wildman–Crippen LogP) is -0.225. The lowest BCUT2D eigenvalue weighted by molar-refractivity contribution is -0.313. The van der Waals surface area contributed by atoms with Crippen LogP contribution in [-0.2, 0) is 61.9 Å². The van der Waals surface area contributed by atoms with Crippen molar-refractivity contribution in [3.8, 4) is 5.75 Å². The van der Waals surface area contributed by atoms with Crippen molar-refractivity contribution in [2.75, 3.05) is 18.5 Å². The molecule has 2 fully saturated rings. The van der Waals surface area contributed by atoms with E-state index in [0.717, 1.165) is 34.6 Å². The summed E-state index contributed by atoms with van der Waals surface area (Å²) in [6, 6.07) is 6.00. The van der Waals surface area contributed by atoms with Gasteiger partial charge in [0.05, 0.1) is 6.10 Å². The molecule has 0 radical (unpaired) electrons. The van der Waals surface area contributed by atoms with Crippen LogP contribution in [0.1, 0.15) is 41.5 Å². The molecule has 3 rings (SSSR count). The molecule has 17 heteroatoms. The molecule has 2 aliphatic heterocycles. The highest BCUT2D eigenvalue weighted by Crippen LogP contribution is 2.39. The van der Waals surface area contributed by atoms with Crippen molar-refractivity contribution in [2.45, 2.75) is 96.7 Å². The molecule has 10 atom stereocenters. The van der Waals surface area contributed by atoms with Crippen molar-refractivity contribution < 1.29 is 76.9 Å². The summed E-state index contributed by atoms with van der Waals surface area (Å²) in [5.74, 6) is -5.56. The quantitative estimate of drug-likeness (QED) is 0.204. The number of esters is 5. The zero-order chi connectivity index (χ0) is 35.0. The highest BCUT2D eigenvalue weighted by atomic mass is 16.7. The highest BCUT2D eigenvalue weighted by Gasteiger charge is 2.59. The molecule has 5 unspecified atom stereocenters. The predicted molar refractivity (Wildman–Crippen MR) is 154 cm³/mol. The van der Waals surface area contributed by atoms with Crippen LogP contribution in [0.2, 0.25) is 0 Å². The zero-order valence-electron chi connectivity index (χ0n) is 26.6. The fraction of sp³-hybridized carbons (Fsp3) is 0.600. The number of carbonyl (C=O) groups excluding carboxylic acids is 6. The average molecular weight is 670 g/mol. The molecule has 1 aromatic rings. The maximum atomic E-state index is 12.3. The summed E-state index contributed by atoms with van der Waals surface area (Å²) in [6.45, 7) is 5.70. The number of hydrogen-bond acceptors (Lipinski definition) is 16. The molecule has 0 bridgehead atoms. The fourth-order valence-electron chi connectivity index (χ4n) is 5.33. The van der Waals surface area contributed by atoms with Crippen molar-refractivity contribution in [1.29, 1.82) is 0 Å². The third-order valence-electron chi connectivity index (χ3n) is 7.05. The minimum Gasteiger partial charge on any atom is -0.463 e. The molecular weight excluding hydrogens is 630 g/mol. The van der Waals surface area contributed by atoms with Crippen molar-refractivity contribution in [3.63, 3.8) is 0 Å². The van der Waals surface area contributed by atoms with Crippen LogP contribution in [0.15, 0.2) is 24.3 Å². The van der Waals surface area contributed by atoms with E-state index in [9.17, 15) is 39.0 Å². The molecule has 1 aromatic carbocycles. The lowest BCUT2D eigenvalue weighted by atomic mass is 9.78. The van der Waals surface area contributed by atoms with Crippen LogP contribution in [0.4, 0.5) is 5.69 Å². The normalized spacial score (nSPS) is 30.2. The maximum Gasteiger partial charge on any atom is 0.303 e. The second-order valence-corrected chi connectivity index (χ2v) is 10.9. The number of hydrogen-bond donors (Lipinski definition) is 3. The Morgan fingerprint density at radius 1 is 0.660 bits per heavy atom. The van der Waals surface area contributed by atoms with Crippen LogP contribution in [0.5, 0.6) is 5.75 Å². The first-order valence-electron chi connectivity index (χ1n) is 14.6. The molecular formula is C30H39NO16. The average Bonchev–Trinajstić information content (AvgIpc) is 2.96. The van der Waals surface area contributed by atoms with Gasteiger partial charge in [0.25, 0.3) is 0 Å². The standard InChI is InChI=1S/C30H39NO16/c1-13(32)31-19-7-9-20(10-8-19)45-30-25(39)24(38)23(21(47-30)11-40-14(2)33)27-29(44-18(6)37)28(43-17(5)36)26(42-16(4)35)22(46-27)12-41-15(3)34/h7-10,21-30,38-39H,11-12H2,1-6H3,(H,31,32)/t21?,22?,23?,24?,25-,26+,27+,28?,29-,30-/m0/s1. The van der Waals surface area contributed by atoms with Gasteiger partial charge in [0.15, 0.2) is 18.3 Å². The molecule has 0 aliphatic carbocycles. The van der Waals surface area contributed by atoms with Gasteiger partial charge in [-0.2, -0.15) is 0 Å². The SMILES string of the molecule is CC(=O)Nc1ccc(O[C@H]2OC(COC(C)=O)C([C@H]3OC(COC(C)=O)[C@@H](OC(C)=O)C(OC(C)=O)[C@H]3OC(C)=O)C(O)[C@@H]2O)cc1. The van der Waals surface area contributed by atoms with Gasteiger partial charge in [-0.1, -0.05) is 0 Å². The van der Waals surface area contributed by atoms with Crippen LogP contribution in [-0.4, -0.2) is 114 Å². The minimum absolute atomic E-state index is 0.173. The Balaban J connectivity index is 2.04. The van der Waals surface area contributed by atoms with Gasteiger partial charge in [-0.05, 0) is 24.3 Å². The maximum absolute atomic E-state index is 12.3. The first kappa shape index (κ1) is 37.1. The summed E-state index contributed by atoms with van der Waals surface area (Å²) in [7, 11) is 0. The van der Waals surface area contributed by atoms with E-state index < -0.39 is 104 Å².